The van der Waals surface area contributed by atoms with Crippen molar-refractivity contribution < 1.29 is 4.74 Å². The number of methoxy groups -OCH3 is 1. The summed E-state index contributed by atoms with van der Waals surface area (Å²) in [6.45, 7) is 2.25. The molecule has 0 saturated heterocycles. The number of nitrogens with one attached hydrogen (secondary N) is 1. The molecule has 0 spiro atoms. The van der Waals surface area contributed by atoms with E-state index in [1.165, 1.54) is 38.5 Å². The van der Waals surface area contributed by atoms with Gasteiger partial charge in [0.15, 0.2) is 0 Å². The third kappa shape index (κ3) is 5.72. The molecule has 0 bridgehead atoms. The van der Waals surface area contributed by atoms with E-state index in [9.17, 15) is 0 Å². The van der Waals surface area contributed by atoms with E-state index in [-0.39, 0.29) is 0 Å². The lowest BCUT2D eigenvalue weighted by Gasteiger charge is -2.19. The fraction of sp³-hybridized carbons (Fsp3) is 0.647. The zero-order valence-electron chi connectivity index (χ0n) is 13.0. The van der Waals surface area contributed by atoms with Crippen LogP contribution in [-0.2, 0) is 0 Å². The number of hydrogen-bond donors (Lipinski definition) is 1. The van der Waals surface area contributed by atoms with Gasteiger partial charge in [-0.25, -0.2) is 0 Å². The fourth-order valence-electron chi connectivity index (χ4n) is 2.56. The number of rotatable bonds is 10. The Labute approximate surface area is 128 Å². The van der Waals surface area contributed by atoms with Crippen molar-refractivity contribution in [2.75, 3.05) is 14.2 Å². The average molecular weight is 298 g/mol. The lowest BCUT2D eigenvalue weighted by Crippen LogP contribution is -2.17. The van der Waals surface area contributed by atoms with Crippen LogP contribution in [-0.4, -0.2) is 14.2 Å². The Bertz CT molecular complexity index is 381. The van der Waals surface area contributed by atoms with Gasteiger partial charge in [-0.3, -0.25) is 0 Å². The van der Waals surface area contributed by atoms with Crippen LogP contribution in [0.5, 0.6) is 5.75 Å². The van der Waals surface area contributed by atoms with Gasteiger partial charge in [0.25, 0.3) is 0 Å². The molecular weight excluding hydrogens is 270 g/mol. The molecule has 0 aliphatic carbocycles. The fourth-order valence-corrected chi connectivity index (χ4v) is 2.74. The molecule has 0 aliphatic rings. The van der Waals surface area contributed by atoms with Crippen molar-refractivity contribution in [1.82, 2.24) is 5.32 Å². The van der Waals surface area contributed by atoms with Gasteiger partial charge in [0.2, 0.25) is 0 Å². The minimum Gasteiger partial charge on any atom is -0.496 e. The van der Waals surface area contributed by atoms with Crippen molar-refractivity contribution in [3.63, 3.8) is 0 Å². The molecule has 20 heavy (non-hydrogen) atoms. The second kappa shape index (κ2) is 10.1. The normalized spacial score (nSPS) is 12.4. The van der Waals surface area contributed by atoms with Gasteiger partial charge in [-0.2, -0.15) is 0 Å². The molecule has 1 N–H and O–H groups in total. The van der Waals surface area contributed by atoms with Crippen LogP contribution >= 0.6 is 11.6 Å². The van der Waals surface area contributed by atoms with E-state index in [1.54, 1.807) is 7.11 Å². The Hall–Kier alpha value is -0.730. The molecule has 114 valence electrons. The Morgan fingerprint density at radius 2 is 1.85 bits per heavy atom. The van der Waals surface area contributed by atoms with Crippen LogP contribution in [0.15, 0.2) is 18.2 Å². The third-order valence-electron chi connectivity index (χ3n) is 3.76. The zero-order valence-corrected chi connectivity index (χ0v) is 13.8. The highest BCUT2D eigenvalue weighted by Crippen LogP contribution is 2.31. The second-order valence-electron chi connectivity index (χ2n) is 5.28. The molecule has 0 radical (unpaired) electrons. The number of unbranched alkanes of at least 4 members (excludes halogenated alkanes) is 5. The quantitative estimate of drug-likeness (QED) is 0.587. The highest BCUT2D eigenvalue weighted by Gasteiger charge is 2.14. The first-order chi connectivity index (χ1) is 9.72. The van der Waals surface area contributed by atoms with E-state index in [1.807, 2.05) is 25.2 Å². The molecule has 0 aromatic heterocycles. The lowest BCUT2D eigenvalue weighted by atomic mass is 9.99. The molecule has 1 rings (SSSR count). The van der Waals surface area contributed by atoms with E-state index in [0.717, 1.165) is 22.8 Å². The molecule has 2 nitrogen and oxygen atoms in total. The van der Waals surface area contributed by atoms with Crippen LogP contribution in [0.3, 0.4) is 0 Å². The SMILES string of the molecule is CCCCCCCCC(NC)c1cc(Cl)ccc1OC. The summed E-state index contributed by atoms with van der Waals surface area (Å²) in [4.78, 5) is 0. The minimum absolute atomic E-state index is 0.315. The molecule has 0 fully saturated rings. The summed E-state index contributed by atoms with van der Waals surface area (Å²) < 4.78 is 5.44. The van der Waals surface area contributed by atoms with Gasteiger partial charge < -0.3 is 10.1 Å². The minimum atomic E-state index is 0.315. The number of benzene rings is 1. The highest BCUT2D eigenvalue weighted by atomic mass is 35.5. The molecule has 3 heteroatoms. The lowest BCUT2D eigenvalue weighted by molar-refractivity contribution is 0.396. The van der Waals surface area contributed by atoms with Gasteiger partial charge in [-0.05, 0) is 31.7 Å². The van der Waals surface area contributed by atoms with Crippen molar-refractivity contribution in [2.45, 2.75) is 57.9 Å². The summed E-state index contributed by atoms with van der Waals surface area (Å²) in [6.07, 6.45) is 9.04. The van der Waals surface area contributed by atoms with E-state index in [2.05, 4.69) is 12.2 Å². The van der Waals surface area contributed by atoms with Crippen molar-refractivity contribution in [3.8, 4) is 5.75 Å². The topological polar surface area (TPSA) is 21.3 Å². The highest BCUT2D eigenvalue weighted by molar-refractivity contribution is 6.30. The van der Waals surface area contributed by atoms with Crippen LogP contribution in [0.1, 0.15) is 63.5 Å². The molecular formula is C17H28ClNO. The molecule has 0 saturated carbocycles. The third-order valence-corrected chi connectivity index (χ3v) is 4.00. The maximum absolute atomic E-state index is 6.11. The Balaban J connectivity index is 2.51. The van der Waals surface area contributed by atoms with Gasteiger partial charge in [-0.1, -0.05) is 57.0 Å². The van der Waals surface area contributed by atoms with E-state index < -0.39 is 0 Å². The Kier molecular flexibility index (Phi) is 8.72. The van der Waals surface area contributed by atoms with Gasteiger partial charge in [-0.15, -0.1) is 0 Å². The van der Waals surface area contributed by atoms with Crippen LogP contribution in [0, 0.1) is 0 Å². The first-order valence-corrected chi connectivity index (χ1v) is 8.11. The van der Waals surface area contributed by atoms with E-state index in [0.29, 0.717) is 6.04 Å². The average Bonchev–Trinajstić information content (AvgIpc) is 2.46. The van der Waals surface area contributed by atoms with Gasteiger partial charge in [0.1, 0.15) is 5.75 Å². The molecule has 1 aromatic carbocycles. The van der Waals surface area contributed by atoms with Gasteiger partial charge in [0, 0.05) is 16.6 Å². The number of hydrogen-bond acceptors (Lipinski definition) is 2. The molecule has 1 unspecified atom stereocenters. The van der Waals surface area contributed by atoms with E-state index >= 15 is 0 Å². The van der Waals surface area contributed by atoms with Crippen molar-refractivity contribution in [1.29, 1.82) is 0 Å². The largest absolute Gasteiger partial charge is 0.496 e. The van der Waals surface area contributed by atoms with Crippen molar-refractivity contribution in [3.05, 3.63) is 28.8 Å². The molecule has 0 amide bonds. The summed E-state index contributed by atoms with van der Waals surface area (Å²) >= 11 is 6.11. The smallest absolute Gasteiger partial charge is 0.123 e. The molecule has 1 aromatic rings. The Morgan fingerprint density at radius 1 is 1.15 bits per heavy atom. The predicted octanol–water partition coefficient (Wildman–Crippen LogP) is 5.36. The predicted molar refractivity (Wildman–Crippen MR) is 87.8 cm³/mol. The summed E-state index contributed by atoms with van der Waals surface area (Å²) in [7, 11) is 3.71. The second-order valence-corrected chi connectivity index (χ2v) is 5.72. The van der Waals surface area contributed by atoms with Crippen LogP contribution in [0.4, 0.5) is 0 Å². The molecule has 0 heterocycles. The Morgan fingerprint density at radius 3 is 2.50 bits per heavy atom. The summed E-state index contributed by atoms with van der Waals surface area (Å²) in [5.74, 6) is 0.916. The van der Waals surface area contributed by atoms with Crippen molar-refractivity contribution in [2.24, 2.45) is 0 Å². The first kappa shape index (κ1) is 17.3. The number of halogens is 1. The van der Waals surface area contributed by atoms with Crippen LogP contribution < -0.4 is 10.1 Å². The maximum Gasteiger partial charge on any atom is 0.123 e. The monoisotopic (exact) mass is 297 g/mol. The maximum atomic E-state index is 6.11. The summed E-state index contributed by atoms with van der Waals surface area (Å²) in [5, 5.41) is 4.15. The molecule has 1 atom stereocenters. The molecule has 0 aliphatic heterocycles. The summed E-state index contributed by atoms with van der Waals surface area (Å²) in [6, 6.07) is 6.15. The van der Waals surface area contributed by atoms with Gasteiger partial charge in [0.05, 0.1) is 7.11 Å². The summed E-state index contributed by atoms with van der Waals surface area (Å²) in [5.41, 5.74) is 1.16. The standard InChI is InChI=1S/C17H28ClNO/c1-4-5-6-7-8-9-10-16(19-2)15-13-14(18)11-12-17(15)20-3/h11-13,16,19H,4-10H2,1-3H3. The van der Waals surface area contributed by atoms with Gasteiger partial charge >= 0.3 is 0 Å². The van der Waals surface area contributed by atoms with Crippen LogP contribution in [0.2, 0.25) is 5.02 Å². The van der Waals surface area contributed by atoms with E-state index in [4.69, 9.17) is 16.3 Å². The van der Waals surface area contributed by atoms with Crippen molar-refractivity contribution >= 4 is 11.6 Å². The van der Waals surface area contributed by atoms with Crippen LogP contribution in [0.25, 0.3) is 0 Å². The first-order valence-electron chi connectivity index (χ1n) is 7.73. The number of ether oxygens (including phenoxy) is 1. The zero-order chi connectivity index (χ0) is 14.8.